The van der Waals surface area contributed by atoms with Gasteiger partial charge in [-0.1, -0.05) is 6.07 Å². The molecule has 0 saturated heterocycles. The minimum atomic E-state index is -0.383. The van der Waals surface area contributed by atoms with E-state index in [9.17, 15) is 4.79 Å². The van der Waals surface area contributed by atoms with Crippen molar-refractivity contribution in [1.82, 2.24) is 15.0 Å². The Morgan fingerprint density at radius 2 is 1.71 bits per heavy atom. The number of hydrogen-bond donors (Lipinski definition) is 0. The number of esters is 1. The van der Waals surface area contributed by atoms with Gasteiger partial charge >= 0.3 is 5.97 Å². The Labute approximate surface area is 140 Å². The SMILES string of the molecule is CCOC(=O)c1cc(-c2ccccn2)nc(-c2cc(C)ccn2)c1. The summed E-state index contributed by atoms with van der Waals surface area (Å²) in [5, 5.41) is 0. The Kier molecular flexibility index (Phi) is 4.61. The van der Waals surface area contributed by atoms with Gasteiger partial charge in [0.15, 0.2) is 0 Å². The molecular formula is C19H17N3O2. The topological polar surface area (TPSA) is 65.0 Å². The van der Waals surface area contributed by atoms with Gasteiger partial charge in [-0.25, -0.2) is 9.78 Å². The highest BCUT2D eigenvalue weighted by Gasteiger charge is 2.14. The van der Waals surface area contributed by atoms with Crippen LogP contribution < -0.4 is 0 Å². The fourth-order valence-corrected chi connectivity index (χ4v) is 2.32. The molecule has 3 heterocycles. The third kappa shape index (κ3) is 3.46. The van der Waals surface area contributed by atoms with Crippen molar-refractivity contribution in [2.75, 3.05) is 6.61 Å². The van der Waals surface area contributed by atoms with Crippen molar-refractivity contribution >= 4 is 5.97 Å². The van der Waals surface area contributed by atoms with E-state index in [2.05, 4.69) is 15.0 Å². The Morgan fingerprint density at radius 3 is 2.38 bits per heavy atom. The molecule has 3 aromatic rings. The van der Waals surface area contributed by atoms with Gasteiger partial charge in [-0.15, -0.1) is 0 Å². The van der Waals surface area contributed by atoms with Gasteiger partial charge in [-0.05, 0) is 55.8 Å². The standard InChI is InChI=1S/C19H17N3O2/c1-3-24-19(23)14-11-17(15-6-4-5-8-20-15)22-18(12-14)16-10-13(2)7-9-21-16/h4-12H,3H2,1-2H3. The van der Waals surface area contributed by atoms with Gasteiger partial charge in [0.2, 0.25) is 0 Å². The van der Waals surface area contributed by atoms with Gasteiger partial charge in [0.1, 0.15) is 0 Å². The van der Waals surface area contributed by atoms with Crippen molar-refractivity contribution in [2.45, 2.75) is 13.8 Å². The van der Waals surface area contributed by atoms with Crippen LogP contribution in [0.5, 0.6) is 0 Å². The Bertz CT molecular complexity index is 863. The Hall–Kier alpha value is -3.08. The second-order valence-corrected chi connectivity index (χ2v) is 5.28. The monoisotopic (exact) mass is 319 g/mol. The second-order valence-electron chi connectivity index (χ2n) is 5.28. The predicted octanol–water partition coefficient (Wildman–Crippen LogP) is 3.69. The average Bonchev–Trinajstić information content (AvgIpc) is 2.62. The zero-order chi connectivity index (χ0) is 16.9. The lowest BCUT2D eigenvalue weighted by Crippen LogP contribution is -2.06. The molecule has 5 nitrogen and oxygen atoms in total. The van der Waals surface area contributed by atoms with Crippen LogP contribution in [0, 0.1) is 6.92 Å². The van der Waals surface area contributed by atoms with Crippen LogP contribution in [-0.4, -0.2) is 27.5 Å². The molecule has 120 valence electrons. The highest BCUT2D eigenvalue weighted by Crippen LogP contribution is 2.23. The maximum absolute atomic E-state index is 12.2. The number of nitrogens with zero attached hydrogens (tertiary/aromatic N) is 3. The van der Waals surface area contributed by atoms with Crippen molar-refractivity contribution in [3.63, 3.8) is 0 Å². The van der Waals surface area contributed by atoms with E-state index in [0.717, 1.165) is 5.56 Å². The molecule has 0 aliphatic heterocycles. The molecule has 0 unspecified atom stereocenters. The zero-order valence-electron chi connectivity index (χ0n) is 13.6. The molecule has 0 atom stereocenters. The lowest BCUT2D eigenvalue weighted by Gasteiger charge is -2.08. The quantitative estimate of drug-likeness (QED) is 0.686. The van der Waals surface area contributed by atoms with Crippen molar-refractivity contribution in [3.05, 3.63) is 66.0 Å². The molecule has 0 saturated carbocycles. The third-order valence-corrected chi connectivity index (χ3v) is 3.44. The first-order valence-electron chi connectivity index (χ1n) is 7.71. The van der Waals surface area contributed by atoms with E-state index in [1.807, 2.05) is 37.3 Å². The molecule has 0 radical (unpaired) electrons. The van der Waals surface area contributed by atoms with Gasteiger partial charge in [0, 0.05) is 12.4 Å². The molecule has 0 aromatic carbocycles. The van der Waals surface area contributed by atoms with Crippen LogP contribution in [0.15, 0.2) is 54.9 Å². The molecule has 0 N–H and O–H groups in total. The molecule has 0 fully saturated rings. The minimum Gasteiger partial charge on any atom is -0.462 e. The van der Waals surface area contributed by atoms with E-state index in [4.69, 9.17) is 4.74 Å². The van der Waals surface area contributed by atoms with Gasteiger partial charge in [-0.2, -0.15) is 0 Å². The molecule has 0 aliphatic carbocycles. The van der Waals surface area contributed by atoms with Crippen molar-refractivity contribution in [3.8, 4) is 22.8 Å². The van der Waals surface area contributed by atoms with Crippen molar-refractivity contribution in [2.24, 2.45) is 0 Å². The lowest BCUT2D eigenvalue weighted by molar-refractivity contribution is 0.0526. The molecule has 5 heteroatoms. The normalized spacial score (nSPS) is 10.4. The summed E-state index contributed by atoms with van der Waals surface area (Å²) in [6.07, 6.45) is 3.42. The molecule has 3 rings (SSSR count). The maximum atomic E-state index is 12.2. The number of rotatable bonds is 4. The summed E-state index contributed by atoms with van der Waals surface area (Å²) in [5.74, 6) is -0.383. The van der Waals surface area contributed by atoms with Crippen LogP contribution in [0.4, 0.5) is 0 Å². The van der Waals surface area contributed by atoms with Crippen LogP contribution in [0.25, 0.3) is 22.8 Å². The fourth-order valence-electron chi connectivity index (χ4n) is 2.32. The summed E-state index contributed by atoms with van der Waals surface area (Å²) < 4.78 is 5.13. The van der Waals surface area contributed by atoms with Crippen LogP contribution in [0.1, 0.15) is 22.8 Å². The van der Waals surface area contributed by atoms with E-state index in [-0.39, 0.29) is 5.97 Å². The molecule has 0 bridgehead atoms. The highest BCUT2D eigenvalue weighted by molar-refractivity contribution is 5.91. The summed E-state index contributed by atoms with van der Waals surface area (Å²) in [7, 11) is 0. The van der Waals surface area contributed by atoms with E-state index >= 15 is 0 Å². The first-order valence-corrected chi connectivity index (χ1v) is 7.71. The zero-order valence-corrected chi connectivity index (χ0v) is 13.6. The minimum absolute atomic E-state index is 0.318. The van der Waals surface area contributed by atoms with Gasteiger partial charge < -0.3 is 4.74 Å². The van der Waals surface area contributed by atoms with Crippen LogP contribution in [0.2, 0.25) is 0 Å². The van der Waals surface area contributed by atoms with Gasteiger partial charge in [-0.3, -0.25) is 9.97 Å². The second kappa shape index (κ2) is 7.00. The highest BCUT2D eigenvalue weighted by atomic mass is 16.5. The first-order chi connectivity index (χ1) is 11.7. The Morgan fingerprint density at radius 1 is 0.958 bits per heavy atom. The summed E-state index contributed by atoms with van der Waals surface area (Å²) in [4.78, 5) is 25.5. The number of aromatic nitrogens is 3. The van der Waals surface area contributed by atoms with Gasteiger partial charge in [0.25, 0.3) is 0 Å². The number of carbonyl (C=O) groups is 1. The lowest BCUT2D eigenvalue weighted by atomic mass is 10.1. The largest absolute Gasteiger partial charge is 0.462 e. The molecule has 0 amide bonds. The molecule has 3 aromatic heterocycles. The number of hydrogen-bond acceptors (Lipinski definition) is 5. The predicted molar refractivity (Wildman–Crippen MR) is 91.4 cm³/mol. The third-order valence-electron chi connectivity index (χ3n) is 3.44. The molecule has 24 heavy (non-hydrogen) atoms. The van der Waals surface area contributed by atoms with Gasteiger partial charge in [0.05, 0.1) is 34.9 Å². The van der Waals surface area contributed by atoms with Crippen molar-refractivity contribution in [1.29, 1.82) is 0 Å². The average molecular weight is 319 g/mol. The van der Waals surface area contributed by atoms with E-state index in [1.165, 1.54) is 0 Å². The van der Waals surface area contributed by atoms with Crippen molar-refractivity contribution < 1.29 is 9.53 Å². The Balaban J connectivity index is 2.14. The summed E-state index contributed by atoms with van der Waals surface area (Å²) in [6, 6.07) is 12.8. The van der Waals surface area contributed by atoms with E-state index in [0.29, 0.717) is 34.9 Å². The summed E-state index contributed by atoms with van der Waals surface area (Å²) >= 11 is 0. The maximum Gasteiger partial charge on any atom is 0.338 e. The smallest absolute Gasteiger partial charge is 0.338 e. The first kappa shape index (κ1) is 15.8. The fraction of sp³-hybridized carbons (Fsp3) is 0.158. The summed E-state index contributed by atoms with van der Waals surface area (Å²) in [5.41, 5.74) is 4.13. The number of ether oxygens (including phenoxy) is 1. The number of pyridine rings is 3. The number of carbonyl (C=O) groups excluding carboxylic acids is 1. The van der Waals surface area contributed by atoms with Crippen LogP contribution in [-0.2, 0) is 4.74 Å². The van der Waals surface area contributed by atoms with Crippen LogP contribution in [0.3, 0.4) is 0 Å². The summed E-state index contributed by atoms with van der Waals surface area (Å²) in [6.45, 7) is 4.08. The molecule has 0 spiro atoms. The molecule has 0 aliphatic rings. The van der Waals surface area contributed by atoms with E-state index in [1.54, 1.807) is 31.5 Å². The van der Waals surface area contributed by atoms with Crippen LogP contribution >= 0.6 is 0 Å². The molecular weight excluding hydrogens is 302 g/mol. The number of aryl methyl sites for hydroxylation is 1. The van der Waals surface area contributed by atoms with E-state index < -0.39 is 0 Å².